The predicted octanol–water partition coefficient (Wildman–Crippen LogP) is 2.41. The van der Waals surface area contributed by atoms with Gasteiger partial charge in [0.05, 0.1) is 23.6 Å². The first kappa shape index (κ1) is 20.6. The molecule has 1 fully saturated rings. The molecule has 1 saturated heterocycles. The van der Waals surface area contributed by atoms with Crippen LogP contribution in [0.15, 0.2) is 24.3 Å². The average molecular weight is 411 g/mol. The smallest absolute Gasteiger partial charge is 0.276 e. The molecule has 1 aromatic heterocycles. The lowest BCUT2D eigenvalue weighted by molar-refractivity contribution is -0.119. The number of amides is 2. The lowest BCUT2D eigenvalue weighted by Crippen LogP contribution is -2.49. The summed E-state index contributed by atoms with van der Waals surface area (Å²) in [5.41, 5.74) is 3.10. The van der Waals surface area contributed by atoms with E-state index in [-0.39, 0.29) is 17.7 Å². The minimum Gasteiger partial charge on any atom is -0.319 e. The Hall–Kier alpha value is -2.71. The van der Waals surface area contributed by atoms with Crippen LogP contribution in [-0.2, 0) is 11.8 Å². The molecule has 0 saturated carbocycles. The van der Waals surface area contributed by atoms with Gasteiger partial charge in [-0.05, 0) is 24.6 Å². The molecule has 30 heavy (non-hydrogen) atoms. The molecule has 2 aromatic rings. The number of nitrogens with zero attached hydrogens (tertiary/aromatic N) is 5. The van der Waals surface area contributed by atoms with Gasteiger partial charge < -0.3 is 10.2 Å². The van der Waals surface area contributed by atoms with Gasteiger partial charge in [0.25, 0.3) is 5.91 Å². The highest BCUT2D eigenvalue weighted by atomic mass is 16.2. The molecule has 160 valence electrons. The number of benzene rings is 1. The number of nitrogens with one attached hydrogen (secondary N) is 1. The number of carbonyl (C=O) groups is 2. The van der Waals surface area contributed by atoms with E-state index in [1.54, 1.807) is 16.6 Å². The van der Waals surface area contributed by atoms with Crippen molar-refractivity contribution in [1.82, 2.24) is 19.6 Å². The SMILES string of the molecule is CCN1CCN(CC(=O)N2c3ccccc3NC(=O)c3c2c(C(C)C)nn3C)CC1. The molecule has 8 nitrogen and oxygen atoms in total. The van der Waals surface area contributed by atoms with Gasteiger partial charge in [-0.1, -0.05) is 32.9 Å². The van der Waals surface area contributed by atoms with E-state index < -0.39 is 0 Å². The van der Waals surface area contributed by atoms with Crippen LogP contribution in [0.2, 0.25) is 0 Å². The van der Waals surface area contributed by atoms with Crippen molar-refractivity contribution in [2.75, 3.05) is 49.5 Å². The zero-order valence-corrected chi connectivity index (χ0v) is 18.2. The molecule has 4 rings (SSSR count). The molecular weight excluding hydrogens is 380 g/mol. The monoisotopic (exact) mass is 410 g/mol. The molecule has 2 amide bonds. The zero-order chi connectivity index (χ0) is 21.4. The standard InChI is InChI=1S/C22H30N6O2/c1-5-26-10-12-27(13-11-26)14-18(29)28-17-9-7-6-8-16(17)23-22(30)21-20(28)19(15(2)3)24-25(21)4/h6-9,15H,5,10-14H2,1-4H3,(H,23,30). The third-order valence-electron chi connectivity index (χ3n) is 5.95. The average Bonchev–Trinajstić information content (AvgIpc) is 3.00. The second-order valence-corrected chi connectivity index (χ2v) is 8.27. The second-order valence-electron chi connectivity index (χ2n) is 8.27. The number of piperazine rings is 1. The zero-order valence-electron chi connectivity index (χ0n) is 18.2. The van der Waals surface area contributed by atoms with E-state index >= 15 is 0 Å². The van der Waals surface area contributed by atoms with E-state index in [1.165, 1.54) is 0 Å². The summed E-state index contributed by atoms with van der Waals surface area (Å²) < 4.78 is 1.59. The molecule has 0 unspecified atom stereocenters. The van der Waals surface area contributed by atoms with E-state index in [4.69, 9.17) is 0 Å². The fourth-order valence-corrected chi connectivity index (χ4v) is 4.26. The summed E-state index contributed by atoms with van der Waals surface area (Å²) in [5, 5.41) is 7.56. The number of anilines is 3. The Labute approximate surface area is 177 Å². The summed E-state index contributed by atoms with van der Waals surface area (Å²) in [4.78, 5) is 33.0. The second kappa shape index (κ2) is 8.20. The van der Waals surface area contributed by atoms with Crippen molar-refractivity contribution in [2.24, 2.45) is 7.05 Å². The van der Waals surface area contributed by atoms with Crippen molar-refractivity contribution < 1.29 is 9.59 Å². The largest absolute Gasteiger partial charge is 0.319 e. The molecule has 0 radical (unpaired) electrons. The van der Waals surface area contributed by atoms with Crippen molar-refractivity contribution >= 4 is 28.9 Å². The molecule has 1 aromatic carbocycles. The third-order valence-corrected chi connectivity index (χ3v) is 5.95. The highest BCUT2D eigenvalue weighted by Crippen LogP contribution is 2.41. The Balaban J connectivity index is 1.75. The predicted molar refractivity (Wildman–Crippen MR) is 117 cm³/mol. The summed E-state index contributed by atoms with van der Waals surface area (Å²) in [5.74, 6) is -0.215. The van der Waals surface area contributed by atoms with E-state index in [2.05, 4.69) is 27.1 Å². The molecule has 0 aliphatic carbocycles. The number of fused-ring (bicyclic) bond motifs is 2. The Morgan fingerprint density at radius 2 is 1.80 bits per heavy atom. The fraction of sp³-hybridized carbons (Fsp3) is 0.500. The molecule has 8 heteroatoms. The van der Waals surface area contributed by atoms with Gasteiger partial charge in [-0.15, -0.1) is 0 Å². The van der Waals surface area contributed by atoms with Gasteiger partial charge in [0, 0.05) is 33.2 Å². The maximum atomic E-state index is 13.7. The highest BCUT2D eigenvalue weighted by molar-refractivity contribution is 6.17. The first-order valence-corrected chi connectivity index (χ1v) is 10.7. The maximum absolute atomic E-state index is 13.7. The number of para-hydroxylation sites is 2. The van der Waals surface area contributed by atoms with Crippen LogP contribution >= 0.6 is 0 Å². The van der Waals surface area contributed by atoms with Gasteiger partial charge in [-0.3, -0.25) is 24.1 Å². The first-order valence-electron chi connectivity index (χ1n) is 10.7. The summed E-state index contributed by atoms with van der Waals surface area (Å²) in [7, 11) is 1.76. The van der Waals surface area contributed by atoms with Gasteiger partial charge in [0.2, 0.25) is 5.91 Å². The number of hydrogen-bond acceptors (Lipinski definition) is 5. The lowest BCUT2D eigenvalue weighted by atomic mass is 10.1. The molecule has 0 bridgehead atoms. The number of carbonyl (C=O) groups excluding carboxylic acids is 2. The molecule has 2 aliphatic rings. The topological polar surface area (TPSA) is 73.7 Å². The molecule has 1 N–H and O–H groups in total. The minimum atomic E-state index is -0.244. The van der Waals surface area contributed by atoms with E-state index in [1.807, 2.05) is 38.1 Å². The van der Waals surface area contributed by atoms with Gasteiger partial charge in [0.15, 0.2) is 5.69 Å². The summed E-state index contributed by atoms with van der Waals surface area (Å²) in [6.45, 7) is 11.2. The Morgan fingerprint density at radius 1 is 1.13 bits per heavy atom. The molecule has 2 aliphatic heterocycles. The van der Waals surface area contributed by atoms with Gasteiger partial charge in [-0.2, -0.15) is 5.10 Å². The van der Waals surface area contributed by atoms with E-state index in [9.17, 15) is 9.59 Å². The molecular formula is C22H30N6O2. The van der Waals surface area contributed by atoms with Crippen molar-refractivity contribution in [1.29, 1.82) is 0 Å². The number of hydrogen-bond donors (Lipinski definition) is 1. The van der Waals surface area contributed by atoms with Crippen molar-refractivity contribution in [2.45, 2.75) is 26.7 Å². The normalized spacial score (nSPS) is 17.5. The van der Waals surface area contributed by atoms with Crippen LogP contribution in [0.25, 0.3) is 0 Å². The van der Waals surface area contributed by atoms with Crippen LogP contribution in [0.5, 0.6) is 0 Å². The fourth-order valence-electron chi connectivity index (χ4n) is 4.26. The van der Waals surface area contributed by atoms with Crippen molar-refractivity contribution in [3.05, 3.63) is 35.7 Å². The molecule has 0 atom stereocenters. The van der Waals surface area contributed by atoms with Gasteiger partial charge in [0.1, 0.15) is 5.69 Å². The Kier molecular flexibility index (Phi) is 5.62. The van der Waals surface area contributed by atoms with Crippen LogP contribution in [0.4, 0.5) is 17.1 Å². The number of likely N-dealkylation sites (N-methyl/N-ethyl adjacent to an activating group) is 1. The number of rotatable bonds is 4. The maximum Gasteiger partial charge on any atom is 0.276 e. The lowest BCUT2D eigenvalue weighted by Gasteiger charge is -2.35. The quantitative estimate of drug-likeness (QED) is 0.838. The van der Waals surface area contributed by atoms with Crippen LogP contribution in [-0.4, -0.2) is 70.7 Å². The van der Waals surface area contributed by atoms with Crippen LogP contribution < -0.4 is 10.2 Å². The highest BCUT2D eigenvalue weighted by Gasteiger charge is 2.36. The number of aryl methyl sites for hydroxylation is 1. The Morgan fingerprint density at radius 3 is 2.47 bits per heavy atom. The summed E-state index contributed by atoms with van der Waals surface area (Å²) in [6.07, 6.45) is 0. The van der Waals surface area contributed by atoms with Crippen molar-refractivity contribution in [3.63, 3.8) is 0 Å². The van der Waals surface area contributed by atoms with Crippen LogP contribution in [0.3, 0.4) is 0 Å². The van der Waals surface area contributed by atoms with E-state index in [0.29, 0.717) is 29.3 Å². The first-order chi connectivity index (χ1) is 14.4. The van der Waals surface area contributed by atoms with Crippen LogP contribution in [0, 0.1) is 0 Å². The molecule has 0 spiro atoms. The van der Waals surface area contributed by atoms with Crippen LogP contribution in [0.1, 0.15) is 42.9 Å². The van der Waals surface area contributed by atoms with Crippen molar-refractivity contribution in [3.8, 4) is 0 Å². The Bertz CT molecular complexity index is 959. The van der Waals surface area contributed by atoms with E-state index in [0.717, 1.165) is 38.4 Å². The minimum absolute atomic E-state index is 0.0416. The van der Waals surface area contributed by atoms with Gasteiger partial charge in [-0.25, -0.2) is 0 Å². The third kappa shape index (κ3) is 3.61. The summed E-state index contributed by atoms with van der Waals surface area (Å²) >= 11 is 0. The van der Waals surface area contributed by atoms with Gasteiger partial charge >= 0.3 is 0 Å². The summed E-state index contributed by atoms with van der Waals surface area (Å²) in [6, 6.07) is 7.47. The number of aromatic nitrogens is 2. The molecule has 3 heterocycles.